The summed E-state index contributed by atoms with van der Waals surface area (Å²) in [5.74, 6) is -0.202. The largest absolute Gasteiger partial charge is 0.394 e. The van der Waals surface area contributed by atoms with Crippen LogP contribution in [0.2, 0.25) is 0 Å². The molecule has 19 heavy (non-hydrogen) atoms. The van der Waals surface area contributed by atoms with Crippen LogP contribution in [0.4, 0.5) is 0 Å². The van der Waals surface area contributed by atoms with Crippen molar-refractivity contribution in [1.82, 2.24) is 14.9 Å². The van der Waals surface area contributed by atoms with Crippen LogP contribution in [-0.4, -0.2) is 59.2 Å². The van der Waals surface area contributed by atoms with Gasteiger partial charge < -0.3 is 19.9 Å². The number of aliphatic hydroxyl groups is 1. The Hall–Kier alpha value is -1.09. The van der Waals surface area contributed by atoms with E-state index >= 15 is 0 Å². The van der Waals surface area contributed by atoms with E-state index in [1.807, 2.05) is 0 Å². The molecule has 1 aromatic heterocycles. The van der Waals surface area contributed by atoms with E-state index in [9.17, 15) is 4.79 Å². The van der Waals surface area contributed by atoms with Gasteiger partial charge in [0.25, 0.3) is 5.91 Å². The van der Waals surface area contributed by atoms with Crippen molar-refractivity contribution in [2.24, 2.45) is 0 Å². The Morgan fingerprint density at radius 1 is 1.68 bits per heavy atom. The number of nitrogens with zero attached hydrogens (tertiary/aromatic N) is 2. The van der Waals surface area contributed by atoms with Crippen molar-refractivity contribution in [3.63, 3.8) is 0 Å². The third kappa shape index (κ3) is 3.47. The van der Waals surface area contributed by atoms with E-state index in [1.54, 1.807) is 6.92 Å². The quantitative estimate of drug-likeness (QED) is 0.749. The molecule has 0 bridgehead atoms. The first-order valence-corrected chi connectivity index (χ1v) is 6.84. The molecule has 0 aliphatic carbocycles. The monoisotopic (exact) mass is 287 g/mol. The number of amides is 1. The third-order valence-corrected chi connectivity index (χ3v) is 3.82. The van der Waals surface area contributed by atoms with Crippen LogP contribution in [0.1, 0.15) is 21.8 Å². The van der Waals surface area contributed by atoms with Crippen molar-refractivity contribution in [3.8, 4) is 0 Å². The van der Waals surface area contributed by atoms with Crippen LogP contribution in [0.25, 0.3) is 0 Å². The fraction of sp³-hybridized carbons (Fsp3) is 0.727. The van der Waals surface area contributed by atoms with Gasteiger partial charge in [0.05, 0.1) is 25.5 Å². The zero-order valence-corrected chi connectivity index (χ0v) is 11.5. The van der Waals surface area contributed by atoms with Gasteiger partial charge >= 0.3 is 0 Å². The number of hydrogen-bond donors (Lipinski definition) is 2. The molecule has 0 aromatic carbocycles. The number of rotatable bonds is 6. The summed E-state index contributed by atoms with van der Waals surface area (Å²) in [6.45, 7) is 3.31. The van der Waals surface area contributed by atoms with Crippen LogP contribution in [-0.2, 0) is 9.47 Å². The molecule has 1 aliphatic heterocycles. The van der Waals surface area contributed by atoms with Gasteiger partial charge in [0, 0.05) is 19.6 Å². The van der Waals surface area contributed by atoms with Crippen molar-refractivity contribution < 1.29 is 19.4 Å². The smallest absolute Gasteiger partial charge is 0.265 e. The van der Waals surface area contributed by atoms with Crippen molar-refractivity contribution in [2.45, 2.75) is 18.9 Å². The number of nitrogens with one attached hydrogen (secondary N) is 1. The lowest BCUT2D eigenvalue weighted by atomic mass is 10.0. The molecule has 1 fully saturated rings. The van der Waals surface area contributed by atoms with E-state index in [4.69, 9.17) is 14.6 Å². The highest BCUT2D eigenvalue weighted by molar-refractivity contribution is 7.07. The van der Waals surface area contributed by atoms with E-state index in [-0.39, 0.29) is 19.1 Å². The van der Waals surface area contributed by atoms with Gasteiger partial charge in [0.2, 0.25) is 0 Å². The molecule has 7 nitrogen and oxygen atoms in total. The summed E-state index contributed by atoms with van der Waals surface area (Å²) < 4.78 is 14.7. The predicted molar refractivity (Wildman–Crippen MR) is 68.2 cm³/mol. The number of hydrogen-bond acceptors (Lipinski definition) is 7. The molecule has 2 heterocycles. The van der Waals surface area contributed by atoms with Crippen molar-refractivity contribution >= 4 is 17.4 Å². The van der Waals surface area contributed by atoms with Crippen LogP contribution in [0, 0.1) is 6.92 Å². The number of aromatic nitrogens is 2. The summed E-state index contributed by atoms with van der Waals surface area (Å²) in [4.78, 5) is 12.5. The van der Waals surface area contributed by atoms with Gasteiger partial charge in [-0.1, -0.05) is 4.49 Å². The highest BCUT2D eigenvalue weighted by Crippen LogP contribution is 2.22. The maximum atomic E-state index is 12.0. The van der Waals surface area contributed by atoms with Crippen LogP contribution >= 0.6 is 11.5 Å². The molecule has 1 amide bonds. The fourth-order valence-electron chi connectivity index (χ4n) is 1.92. The Balaban J connectivity index is 1.92. The van der Waals surface area contributed by atoms with Gasteiger partial charge in [-0.3, -0.25) is 4.79 Å². The number of aryl methyl sites for hydroxylation is 1. The highest BCUT2D eigenvalue weighted by atomic mass is 32.1. The zero-order chi connectivity index (χ0) is 13.7. The Labute approximate surface area is 115 Å². The van der Waals surface area contributed by atoms with E-state index in [1.165, 1.54) is 0 Å². The molecule has 106 valence electrons. The van der Waals surface area contributed by atoms with E-state index in [0.29, 0.717) is 36.8 Å². The van der Waals surface area contributed by atoms with E-state index < -0.39 is 5.60 Å². The highest BCUT2D eigenvalue weighted by Gasteiger charge is 2.36. The molecule has 2 rings (SSSR count). The number of aliphatic hydroxyl groups excluding tert-OH is 1. The van der Waals surface area contributed by atoms with E-state index in [0.717, 1.165) is 11.5 Å². The lowest BCUT2D eigenvalue weighted by Gasteiger charge is -2.27. The van der Waals surface area contributed by atoms with Crippen molar-refractivity contribution in [2.75, 3.05) is 33.0 Å². The van der Waals surface area contributed by atoms with Gasteiger partial charge in [0.1, 0.15) is 10.5 Å². The second-order valence-corrected chi connectivity index (χ2v) is 5.18. The topological polar surface area (TPSA) is 93.6 Å². The van der Waals surface area contributed by atoms with Gasteiger partial charge in [0.15, 0.2) is 0 Å². The van der Waals surface area contributed by atoms with Crippen molar-refractivity contribution in [3.05, 3.63) is 10.6 Å². The average Bonchev–Trinajstić information content (AvgIpc) is 3.03. The normalized spacial score (nSPS) is 22.6. The molecular formula is C11H17N3O4S. The van der Waals surface area contributed by atoms with Crippen LogP contribution in [0.5, 0.6) is 0 Å². The summed E-state index contributed by atoms with van der Waals surface area (Å²) in [5, 5.41) is 15.5. The van der Waals surface area contributed by atoms with Gasteiger partial charge in [-0.25, -0.2) is 0 Å². The molecule has 0 radical (unpaired) electrons. The second kappa shape index (κ2) is 6.38. The first kappa shape index (κ1) is 14.3. The second-order valence-electron chi connectivity index (χ2n) is 4.43. The molecular weight excluding hydrogens is 270 g/mol. The minimum absolute atomic E-state index is 0.0480. The SMILES string of the molecule is Cc1nnsc1C(=O)NCC1(OCCO)CCOC1. The summed E-state index contributed by atoms with van der Waals surface area (Å²) >= 11 is 1.07. The first-order valence-electron chi connectivity index (χ1n) is 6.07. The molecule has 1 saturated heterocycles. The Bertz CT molecular complexity index is 431. The molecule has 1 aromatic rings. The standard InChI is InChI=1S/C11H17N3O4S/c1-8-9(19-14-13-8)10(16)12-6-11(18-5-3-15)2-4-17-7-11/h15H,2-7H2,1H3,(H,12,16). The van der Waals surface area contributed by atoms with E-state index in [2.05, 4.69) is 14.9 Å². The van der Waals surface area contributed by atoms with Crippen LogP contribution in [0.15, 0.2) is 0 Å². The summed E-state index contributed by atoms with van der Waals surface area (Å²) in [6, 6.07) is 0. The average molecular weight is 287 g/mol. The van der Waals surface area contributed by atoms with Crippen LogP contribution < -0.4 is 5.32 Å². The van der Waals surface area contributed by atoms with Crippen molar-refractivity contribution in [1.29, 1.82) is 0 Å². The molecule has 0 saturated carbocycles. The minimum Gasteiger partial charge on any atom is -0.394 e. The zero-order valence-electron chi connectivity index (χ0n) is 10.7. The first-order chi connectivity index (χ1) is 9.17. The maximum absolute atomic E-state index is 12.0. The van der Waals surface area contributed by atoms with Crippen LogP contribution in [0.3, 0.4) is 0 Å². The number of ether oxygens (including phenoxy) is 2. The van der Waals surface area contributed by atoms with Gasteiger partial charge in [-0.05, 0) is 18.5 Å². The lowest BCUT2D eigenvalue weighted by molar-refractivity contribution is -0.0582. The molecule has 8 heteroatoms. The third-order valence-electron chi connectivity index (χ3n) is 3.00. The molecule has 1 atom stereocenters. The van der Waals surface area contributed by atoms with Gasteiger partial charge in [-0.15, -0.1) is 5.10 Å². The molecule has 2 N–H and O–H groups in total. The predicted octanol–water partition coefficient (Wildman–Crippen LogP) is -0.256. The molecule has 0 spiro atoms. The fourth-order valence-corrected chi connectivity index (χ4v) is 2.49. The van der Waals surface area contributed by atoms with Gasteiger partial charge in [-0.2, -0.15) is 0 Å². The minimum atomic E-state index is -0.537. The molecule has 1 aliphatic rings. The summed E-state index contributed by atoms with van der Waals surface area (Å²) in [7, 11) is 0. The Morgan fingerprint density at radius 3 is 3.11 bits per heavy atom. The molecule has 1 unspecified atom stereocenters. The Morgan fingerprint density at radius 2 is 2.53 bits per heavy atom. The number of carbonyl (C=O) groups is 1. The Kier molecular flexibility index (Phi) is 4.81. The summed E-state index contributed by atoms with van der Waals surface area (Å²) in [5.41, 5.74) is 0.0835. The maximum Gasteiger partial charge on any atom is 0.265 e. The lowest BCUT2D eigenvalue weighted by Crippen LogP contribution is -2.46. The number of carbonyl (C=O) groups excluding carboxylic acids is 1. The summed E-state index contributed by atoms with van der Waals surface area (Å²) in [6.07, 6.45) is 0.702.